The number of halogens is 2. The van der Waals surface area contributed by atoms with E-state index < -0.39 is 29.3 Å². The van der Waals surface area contributed by atoms with Crippen molar-refractivity contribution in [2.75, 3.05) is 7.11 Å². The standard InChI is InChI=1S/C18H21Cl2NO5/c1-26-14(22)10-18(5-3-2-4-6-18)17(25)21-15(16(23)24)11-7-12(19)9-13(20)8-11/h7-9,15H,2-6,10H2,1H3,(H,21,25)(H,23,24). The van der Waals surface area contributed by atoms with E-state index in [2.05, 4.69) is 5.32 Å². The first kappa shape index (κ1) is 20.5. The summed E-state index contributed by atoms with van der Waals surface area (Å²) in [5, 5.41) is 12.7. The number of esters is 1. The van der Waals surface area contributed by atoms with Gasteiger partial charge in [0.25, 0.3) is 0 Å². The van der Waals surface area contributed by atoms with Gasteiger partial charge in [-0.3, -0.25) is 9.59 Å². The molecule has 1 aromatic carbocycles. The molecule has 2 N–H and O–H groups in total. The van der Waals surface area contributed by atoms with Gasteiger partial charge in [-0.25, -0.2) is 4.79 Å². The average Bonchev–Trinajstić information content (AvgIpc) is 2.58. The number of hydrogen-bond donors (Lipinski definition) is 2. The van der Waals surface area contributed by atoms with Crippen molar-refractivity contribution in [2.24, 2.45) is 5.41 Å². The second-order valence-corrected chi connectivity index (χ2v) is 7.41. The summed E-state index contributed by atoms with van der Waals surface area (Å²) in [4.78, 5) is 36.5. The van der Waals surface area contributed by atoms with E-state index in [0.717, 1.165) is 19.3 Å². The third-order valence-corrected chi connectivity index (χ3v) is 5.18. The number of carbonyl (C=O) groups is 3. The highest BCUT2D eigenvalue weighted by molar-refractivity contribution is 6.34. The van der Waals surface area contributed by atoms with Crippen LogP contribution in [0.1, 0.15) is 50.1 Å². The molecule has 0 heterocycles. The molecule has 1 unspecified atom stereocenters. The van der Waals surface area contributed by atoms with Gasteiger partial charge >= 0.3 is 11.9 Å². The number of carbonyl (C=O) groups excluding carboxylic acids is 2. The number of ether oxygens (including phenoxy) is 1. The smallest absolute Gasteiger partial charge is 0.330 e. The summed E-state index contributed by atoms with van der Waals surface area (Å²) in [7, 11) is 1.27. The largest absolute Gasteiger partial charge is 0.479 e. The van der Waals surface area contributed by atoms with E-state index in [0.29, 0.717) is 12.8 Å². The second kappa shape index (κ2) is 8.73. The number of carboxylic acid groups (broad SMARTS) is 1. The molecule has 1 amide bonds. The Labute approximate surface area is 161 Å². The number of hydrogen-bond acceptors (Lipinski definition) is 4. The van der Waals surface area contributed by atoms with Gasteiger partial charge in [-0.1, -0.05) is 42.5 Å². The quantitative estimate of drug-likeness (QED) is 0.707. The molecule has 0 aromatic heterocycles. The molecule has 142 valence electrons. The van der Waals surface area contributed by atoms with Crippen LogP contribution >= 0.6 is 23.2 Å². The summed E-state index contributed by atoms with van der Waals surface area (Å²) in [6, 6.07) is 3.06. The van der Waals surface area contributed by atoms with Crippen LogP contribution < -0.4 is 5.32 Å². The second-order valence-electron chi connectivity index (χ2n) is 6.54. The topological polar surface area (TPSA) is 92.7 Å². The molecule has 26 heavy (non-hydrogen) atoms. The van der Waals surface area contributed by atoms with Crippen LogP contribution in [0, 0.1) is 5.41 Å². The average molecular weight is 402 g/mol. The summed E-state index contributed by atoms with van der Waals surface area (Å²) < 4.78 is 4.73. The fraction of sp³-hybridized carbons (Fsp3) is 0.500. The Morgan fingerprint density at radius 2 is 1.73 bits per heavy atom. The summed E-state index contributed by atoms with van der Waals surface area (Å²) in [5.41, 5.74) is -0.686. The predicted octanol–water partition coefficient (Wildman–Crippen LogP) is 3.75. The van der Waals surface area contributed by atoms with Crippen LogP contribution in [0.5, 0.6) is 0 Å². The molecular formula is C18H21Cl2NO5. The van der Waals surface area contributed by atoms with E-state index in [-0.39, 0.29) is 22.0 Å². The normalized spacial score (nSPS) is 17.2. The summed E-state index contributed by atoms with van der Waals surface area (Å²) in [6.45, 7) is 0. The van der Waals surface area contributed by atoms with Crippen LogP contribution in [-0.4, -0.2) is 30.1 Å². The molecule has 2 rings (SSSR count). The molecule has 0 radical (unpaired) electrons. The van der Waals surface area contributed by atoms with Crippen molar-refractivity contribution in [3.63, 3.8) is 0 Å². The molecule has 1 atom stereocenters. The van der Waals surface area contributed by atoms with Gasteiger partial charge in [0.05, 0.1) is 18.9 Å². The summed E-state index contributed by atoms with van der Waals surface area (Å²) in [5.74, 6) is -2.19. The molecule has 1 aliphatic rings. The first-order valence-corrected chi connectivity index (χ1v) is 9.09. The lowest BCUT2D eigenvalue weighted by molar-refractivity contribution is -0.151. The molecule has 1 fully saturated rings. The van der Waals surface area contributed by atoms with Crippen molar-refractivity contribution in [1.29, 1.82) is 0 Å². The molecule has 1 aromatic rings. The lowest BCUT2D eigenvalue weighted by Gasteiger charge is -2.35. The molecule has 0 aliphatic heterocycles. The van der Waals surface area contributed by atoms with Crippen LogP contribution in [0.25, 0.3) is 0 Å². The predicted molar refractivity (Wildman–Crippen MR) is 97.1 cm³/mol. The molecule has 0 bridgehead atoms. The number of carboxylic acids is 1. The van der Waals surface area contributed by atoms with Crippen molar-refractivity contribution in [1.82, 2.24) is 5.32 Å². The maximum absolute atomic E-state index is 13.0. The Bertz CT molecular complexity index is 681. The van der Waals surface area contributed by atoms with E-state index in [1.807, 2.05) is 0 Å². The number of aliphatic carboxylic acids is 1. The molecule has 0 saturated heterocycles. The maximum atomic E-state index is 13.0. The molecule has 8 heteroatoms. The van der Waals surface area contributed by atoms with Gasteiger partial charge in [-0.2, -0.15) is 0 Å². The van der Waals surface area contributed by atoms with Gasteiger partial charge in [0, 0.05) is 10.0 Å². The Morgan fingerprint density at radius 1 is 1.15 bits per heavy atom. The maximum Gasteiger partial charge on any atom is 0.330 e. The minimum Gasteiger partial charge on any atom is -0.479 e. The van der Waals surface area contributed by atoms with Crippen molar-refractivity contribution in [2.45, 2.75) is 44.6 Å². The SMILES string of the molecule is COC(=O)CC1(C(=O)NC(C(=O)O)c2cc(Cl)cc(Cl)c2)CCCCC1. The lowest BCUT2D eigenvalue weighted by Crippen LogP contribution is -2.46. The van der Waals surface area contributed by atoms with Crippen molar-refractivity contribution < 1.29 is 24.2 Å². The first-order chi connectivity index (χ1) is 12.3. The molecular weight excluding hydrogens is 381 g/mol. The molecule has 6 nitrogen and oxygen atoms in total. The Kier molecular flexibility index (Phi) is 6.89. The number of nitrogens with one attached hydrogen (secondary N) is 1. The highest BCUT2D eigenvalue weighted by Crippen LogP contribution is 2.40. The van der Waals surface area contributed by atoms with E-state index in [4.69, 9.17) is 27.9 Å². The van der Waals surface area contributed by atoms with E-state index in [1.165, 1.54) is 25.3 Å². The van der Waals surface area contributed by atoms with Crippen molar-refractivity contribution in [3.8, 4) is 0 Å². The zero-order chi connectivity index (χ0) is 19.3. The highest BCUT2D eigenvalue weighted by atomic mass is 35.5. The van der Waals surface area contributed by atoms with Gasteiger partial charge in [0.2, 0.25) is 5.91 Å². The third kappa shape index (κ3) is 4.89. The number of amides is 1. The Morgan fingerprint density at radius 3 is 2.23 bits per heavy atom. The zero-order valence-electron chi connectivity index (χ0n) is 14.4. The summed E-state index contributed by atoms with van der Waals surface area (Å²) >= 11 is 11.9. The third-order valence-electron chi connectivity index (χ3n) is 4.74. The molecule has 1 saturated carbocycles. The van der Waals surface area contributed by atoms with Crippen LogP contribution in [0.2, 0.25) is 10.0 Å². The van der Waals surface area contributed by atoms with Crippen LogP contribution in [0.15, 0.2) is 18.2 Å². The van der Waals surface area contributed by atoms with Gasteiger partial charge in [-0.15, -0.1) is 0 Å². The van der Waals surface area contributed by atoms with Crippen molar-refractivity contribution in [3.05, 3.63) is 33.8 Å². The van der Waals surface area contributed by atoms with Crippen molar-refractivity contribution >= 4 is 41.0 Å². The molecule has 0 spiro atoms. The van der Waals surface area contributed by atoms with Crippen LogP contribution in [0.3, 0.4) is 0 Å². The Hall–Kier alpha value is -1.79. The van der Waals surface area contributed by atoms with E-state index >= 15 is 0 Å². The van der Waals surface area contributed by atoms with Crippen LogP contribution in [0.4, 0.5) is 0 Å². The minimum atomic E-state index is -1.31. The number of benzene rings is 1. The number of rotatable bonds is 6. The zero-order valence-corrected chi connectivity index (χ0v) is 15.9. The number of methoxy groups -OCH3 is 1. The fourth-order valence-corrected chi connectivity index (χ4v) is 3.92. The fourth-order valence-electron chi connectivity index (χ4n) is 3.37. The monoisotopic (exact) mass is 401 g/mol. The van der Waals surface area contributed by atoms with E-state index in [9.17, 15) is 19.5 Å². The summed E-state index contributed by atoms with van der Waals surface area (Å²) in [6.07, 6.45) is 3.52. The highest BCUT2D eigenvalue weighted by Gasteiger charge is 2.43. The van der Waals surface area contributed by atoms with Gasteiger partial charge in [0.15, 0.2) is 6.04 Å². The first-order valence-electron chi connectivity index (χ1n) is 8.34. The van der Waals surface area contributed by atoms with Gasteiger partial charge in [0.1, 0.15) is 0 Å². The van der Waals surface area contributed by atoms with E-state index in [1.54, 1.807) is 0 Å². The van der Waals surface area contributed by atoms with Gasteiger partial charge in [-0.05, 0) is 36.6 Å². The minimum absolute atomic E-state index is 0.0715. The Balaban J connectivity index is 2.29. The van der Waals surface area contributed by atoms with Crippen LogP contribution in [-0.2, 0) is 19.1 Å². The van der Waals surface area contributed by atoms with Gasteiger partial charge < -0.3 is 15.2 Å². The lowest BCUT2D eigenvalue weighted by atomic mass is 9.71. The molecule has 1 aliphatic carbocycles.